The second-order valence-electron chi connectivity index (χ2n) is 13.4. The second-order valence-corrected chi connectivity index (χ2v) is 13.4. The first kappa shape index (κ1) is 18.7. The standard InChI is InChI=1S/C30H36O2/c31-26-4-2-23-24(28(26)32)1-3-25(29-11-17-5-18(12-29)7-19(6-17)13-29)27(23)30-14-20-8-21(15-30)10-22(9-20)16-30/h1-4,17-22,31-32H,5-16H2. The third-order valence-electron chi connectivity index (χ3n) is 11.3. The summed E-state index contributed by atoms with van der Waals surface area (Å²) < 4.78 is 0. The van der Waals surface area contributed by atoms with Crippen molar-refractivity contribution in [3.8, 4) is 11.5 Å². The number of aromatic hydroxyl groups is 2. The van der Waals surface area contributed by atoms with E-state index in [2.05, 4.69) is 18.2 Å². The third-order valence-corrected chi connectivity index (χ3v) is 11.3. The maximum atomic E-state index is 10.8. The lowest BCUT2D eigenvalue weighted by molar-refractivity contribution is -0.0168. The SMILES string of the molecule is Oc1ccc2c(C34CC5CC(CC(C5)C3)C4)c(C34CC5CC(CC(C5)C3)C4)ccc2c1O. The van der Waals surface area contributed by atoms with Gasteiger partial charge in [-0.15, -0.1) is 0 Å². The lowest BCUT2D eigenvalue weighted by atomic mass is 9.44. The summed E-state index contributed by atoms with van der Waals surface area (Å²) in [5.74, 6) is 5.66. The monoisotopic (exact) mass is 428 g/mol. The number of phenols is 2. The summed E-state index contributed by atoms with van der Waals surface area (Å²) in [7, 11) is 0. The molecule has 168 valence electrons. The maximum Gasteiger partial charge on any atom is 0.165 e. The van der Waals surface area contributed by atoms with Gasteiger partial charge in [-0.05, 0) is 146 Å². The average molecular weight is 429 g/mol. The molecule has 8 saturated carbocycles. The van der Waals surface area contributed by atoms with E-state index in [1.807, 2.05) is 0 Å². The zero-order chi connectivity index (χ0) is 21.2. The molecule has 32 heavy (non-hydrogen) atoms. The highest BCUT2D eigenvalue weighted by molar-refractivity contribution is 5.94. The van der Waals surface area contributed by atoms with Gasteiger partial charge in [-0.25, -0.2) is 0 Å². The van der Waals surface area contributed by atoms with Crippen LogP contribution in [0.25, 0.3) is 10.8 Å². The van der Waals surface area contributed by atoms with Crippen LogP contribution in [0.5, 0.6) is 11.5 Å². The van der Waals surface area contributed by atoms with Crippen molar-refractivity contribution in [1.82, 2.24) is 0 Å². The fourth-order valence-corrected chi connectivity index (χ4v) is 11.2. The van der Waals surface area contributed by atoms with Crippen LogP contribution in [0.15, 0.2) is 24.3 Å². The van der Waals surface area contributed by atoms with Gasteiger partial charge in [0.05, 0.1) is 0 Å². The van der Waals surface area contributed by atoms with Crippen molar-refractivity contribution in [1.29, 1.82) is 0 Å². The molecule has 8 aliphatic rings. The minimum absolute atomic E-state index is 0.0246. The third kappa shape index (κ3) is 2.37. The Morgan fingerprint density at radius 2 is 0.969 bits per heavy atom. The van der Waals surface area contributed by atoms with Gasteiger partial charge in [0, 0.05) is 5.39 Å². The number of hydrogen-bond donors (Lipinski definition) is 2. The molecule has 2 heteroatoms. The average Bonchev–Trinajstić information content (AvgIpc) is 2.74. The molecule has 0 heterocycles. The van der Waals surface area contributed by atoms with Crippen molar-refractivity contribution in [3.63, 3.8) is 0 Å². The van der Waals surface area contributed by atoms with Gasteiger partial charge >= 0.3 is 0 Å². The van der Waals surface area contributed by atoms with Gasteiger partial charge in [0.2, 0.25) is 0 Å². The van der Waals surface area contributed by atoms with Crippen LogP contribution in [-0.2, 0) is 10.8 Å². The van der Waals surface area contributed by atoms with E-state index in [1.165, 1.54) is 82.4 Å². The van der Waals surface area contributed by atoms with Crippen molar-refractivity contribution in [2.24, 2.45) is 35.5 Å². The maximum absolute atomic E-state index is 10.8. The fraction of sp³-hybridized carbons (Fsp3) is 0.667. The molecule has 0 atom stereocenters. The summed E-state index contributed by atoms with van der Waals surface area (Å²) >= 11 is 0. The number of phenolic OH excluding ortho intramolecular Hbond substituents is 2. The highest BCUT2D eigenvalue weighted by Crippen LogP contribution is 2.66. The molecule has 2 aromatic rings. The molecule has 8 aliphatic carbocycles. The molecule has 0 aromatic heterocycles. The fourth-order valence-electron chi connectivity index (χ4n) is 11.2. The van der Waals surface area contributed by atoms with Crippen molar-refractivity contribution in [3.05, 3.63) is 35.4 Å². The van der Waals surface area contributed by atoms with E-state index in [-0.39, 0.29) is 11.5 Å². The molecule has 0 amide bonds. The van der Waals surface area contributed by atoms with E-state index in [1.54, 1.807) is 17.2 Å². The highest BCUT2D eigenvalue weighted by atomic mass is 16.3. The summed E-state index contributed by atoms with van der Waals surface area (Å²) in [5, 5.41) is 23.3. The zero-order valence-corrected chi connectivity index (χ0v) is 19.2. The summed E-state index contributed by atoms with van der Waals surface area (Å²) in [4.78, 5) is 0. The van der Waals surface area contributed by atoms with Crippen LogP contribution in [0, 0.1) is 35.5 Å². The van der Waals surface area contributed by atoms with Crippen LogP contribution in [0.3, 0.4) is 0 Å². The Morgan fingerprint density at radius 3 is 1.47 bits per heavy atom. The molecule has 8 bridgehead atoms. The van der Waals surface area contributed by atoms with Crippen LogP contribution in [0.4, 0.5) is 0 Å². The Morgan fingerprint density at radius 1 is 0.531 bits per heavy atom. The van der Waals surface area contributed by atoms with Gasteiger partial charge in [0.25, 0.3) is 0 Å². The van der Waals surface area contributed by atoms with Crippen molar-refractivity contribution >= 4 is 10.8 Å². The molecule has 10 rings (SSSR count). The van der Waals surface area contributed by atoms with E-state index in [9.17, 15) is 10.2 Å². The largest absolute Gasteiger partial charge is 0.504 e. The number of benzene rings is 2. The van der Waals surface area contributed by atoms with E-state index in [0.29, 0.717) is 10.8 Å². The summed E-state index contributed by atoms with van der Waals surface area (Å²) in [6.07, 6.45) is 17.1. The van der Waals surface area contributed by atoms with Crippen molar-refractivity contribution in [2.45, 2.75) is 87.9 Å². The van der Waals surface area contributed by atoms with Gasteiger partial charge in [0.15, 0.2) is 11.5 Å². The predicted molar refractivity (Wildman–Crippen MR) is 127 cm³/mol. The Labute approximate surface area is 191 Å². The number of rotatable bonds is 2. The number of fused-ring (bicyclic) bond motifs is 1. The van der Waals surface area contributed by atoms with Gasteiger partial charge in [-0.3, -0.25) is 0 Å². The molecular weight excluding hydrogens is 392 g/mol. The molecule has 0 unspecified atom stereocenters. The second kappa shape index (κ2) is 6.05. The Kier molecular flexibility index (Phi) is 3.53. The van der Waals surface area contributed by atoms with Crippen molar-refractivity contribution in [2.75, 3.05) is 0 Å². The predicted octanol–water partition coefficient (Wildman–Crippen LogP) is 7.19. The molecule has 0 radical (unpaired) electrons. The van der Waals surface area contributed by atoms with Gasteiger partial charge in [-0.1, -0.05) is 18.2 Å². The van der Waals surface area contributed by atoms with Crippen LogP contribution >= 0.6 is 0 Å². The van der Waals surface area contributed by atoms with E-state index in [4.69, 9.17) is 0 Å². The van der Waals surface area contributed by atoms with Gasteiger partial charge < -0.3 is 10.2 Å². The van der Waals surface area contributed by atoms with E-state index >= 15 is 0 Å². The Balaban J connectivity index is 1.39. The Bertz CT molecular complexity index is 1060. The molecule has 8 fully saturated rings. The summed E-state index contributed by atoms with van der Waals surface area (Å²) in [6, 6.07) is 8.50. The first-order valence-corrected chi connectivity index (χ1v) is 13.5. The quantitative estimate of drug-likeness (QED) is 0.497. The molecule has 0 aliphatic heterocycles. The summed E-state index contributed by atoms with van der Waals surface area (Å²) in [6.45, 7) is 0. The molecule has 0 saturated heterocycles. The molecule has 2 aromatic carbocycles. The van der Waals surface area contributed by atoms with Crippen molar-refractivity contribution < 1.29 is 10.2 Å². The molecule has 2 nitrogen and oxygen atoms in total. The lowest BCUT2D eigenvalue weighted by Crippen LogP contribution is -2.52. The molecule has 2 N–H and O–H groups in total. The normalized spacial score (nSPS) is 45.8. The minimum Gasteiger partial charge on any atom is -0.504 e. The van der Waals surface area contributed by atoms with Crippen LogP contribution < -0.4 is 0 Å². The lowest BCUT2D eigenvalue weighted by Gasteiger charge is -2.61. The molecular formula is C30H36O2. The highest BCUT2D eigenvalue weighted by Gasteiger charge is 2.57. The minimum atomic E-state index is 0.0246. The topological polar surface area (TPSA) is 40.5 Å². The first-order chi connectivity index (χ1) is 15.5. The first-order valence-electron chi connectivity index (χ1n) is 13.5. The van der Waals surface area contributed by atoms with E-state index in [0.717, 1.165) is 40.9 Å². The number of hydrogen-bond acceptors (Lipinski definition) is 2. The summed E-state index contributed by atoms with van der Waals surface area (Å²) in [5.41, 5.74) is 3.98. The van der Waals surface area contributed by atoms with Crippen LogP contribution in [0.2, 0.25) is 0 Å². The molecule has 0 spiro atoms. The van der Waals surface area contributed by atoms with Gasteiger partial charge in [-0.2, -0.15) is 0 Å². The van der Waals surface area contributed by atoms with E-state index < -0.39 is 0 Å². The van der Waals surface area contributed by atoms with Gasteiger partial charge in [0.1, 0.15) is 0 Å². The Hall–Kier alpha value is -1.70. The smallest absolute Gasteiger partial charge is 0.165 e. The zero-order valence-electron chi connectivity index (χ0n) is 19.2. The van der Waals surface area contributed by atoms with Crippen LogP contribution in [-0.4, -0.2) is 10.2 Å². The van der Waals surface area contributed by atoms with Crippen LogP contribution in [0.1, 0.15) is 88.2 Å².